The van der Waals surface area contributed by atoms with Crippen LogP contribution in [0.1, 0.15) is 56.4 Å². The molecule has 0 radical (unpaired) electrons. The Kier molecular flexibility index (Phi) is 6.65. The molecule has 6 heteroatoms. The summed E-state index contributed by atoms with van der Waals surface area (Å²) in [7, 11) is 0. The van der Waals surface area contributed by atoms with Gasteiger partial charge < -0.3 is 15.1 Å². The standard InChI is InChI=1S/C21H27N3O3/c1-15(20(25)24-21(26)23-17-11-6-3-7-12-17)22-19(18-13-8-14-27-18)16-9-4-2-5-10-16/h2,4-5,8-10,13-15,17,19,22H,3,6-7,11-12H2,1H3,(H2,23,24,25,26)/p+1/t15-,19+/m1/s1. The van der Waals surface area contributed by atoms with Gasteiger partial charge in [0, 0.05) is 11.6 Å². The second kappa shape index (κ2) is 9.37. The summed E-state index contributed by atoms with van der Waals surface area (Å²) in [5.74, 6) is 0.461. The maximum Gasteiger partial charge on any atom is 0.321 e. The third kappa shape index (κ3) is 5.44. The maximum absolute atomic E-state index is 12.5. The molecule has 1 saturated carbocycles. The van der Waals surface area contributed by atoms with E-state index >= 15 is 0 Å². The quantitative estimate of drug-likeness (QED) is 0.730. The number of benzene rings is 1. The molecule has 0 spiro atoms. The lowest BCUT2D eigenvalue weighted by Crippen LogP contribution is -2.93. The van der Waals surface area contributed by atoms with Crippen LogP contribution in [0.4, 0.5) is 4.79 Å². The third-order valence-electron chi connectivity index (χ3n) is 5.08. The van der Waals surface area contributed by atoms with Gasteiger partial charge in [0.05, 0.1) is 6.26 Å². The second-order valence-electron chi connectivity index (χ2n) is 7.18. The summed E-state index contributed by atoms with van der Waals surface area (Å²) in [4.78, 5) is 24.6. The molecule has 1 aliphatic rings. The van der Waals surface area contributed by atoms with Gasteiger partial charge in [0.15, 0.2) is 17.8 Å². The van der Waals surface area contributed by atoms with Crippen molar-refractivity contribution in [2.24, 2.45) is 0 Å². The van der Waals surface area contributed by atoms with Crippen LogP contribution < -0.4 is 16.0 Å². The molecule has 1 aliphatic carbocycles. The van der Waals surface area contributed by atoms with E-state index in [9.17, 15) is 9.59 Å². The number of imide groups is 1. The minimum Gasteiger partial charge on any atom is -0.463 e. The summed E-state index contributed by atoms with van der Waals surface area (Å²) in [6, 6.07) is 12.8. The van der Waals surface area contributed by atoms with Gasteiger partial charge in [0.25, 0.3) is 5.91 Å². The fraction of sp³-hybridized carbons (Fsp3) is 0.429. The second-order valence-corrected chi connectivity index (χ2v) is 7.18. The normalized spacial score (nSPS) is 17.1. The smallest absolute Gasteiger partial charge is 0.321 e. The Balaban J connectivity index is 1.58. The molecule has 0 bridgehead atoms. The summed E-state index contributed by atoms with van der Waals surface area (Å²) in [5.41, 5.74) is 1.04. The van der Waals surface area contributed by atoms with Crippen LogP contribution >= 0.6 is 0 Å². The van der Waals surface area contributed by atoms with Crippen molar-refractivity contribution < 1.29 is 19.3 Å². The SMILES string of the molecule is C[C@@H]([NH2+][C@@H](c1ccccc1)c1ccco1)C(=O)NC(=O)NC1CCCCC1. The lowest BCUT2D eigenvalue weighted by molar-refractivity contribution is -0.706. The van der Waals surface area contributed by atoms with Crippen molar-refractivity contribution in [1.82, 2.24) is 10.6 Å². The van der Waals surface area contributed by atoms with Gasteiger partial charge in [-0.2, -0.15) is 0 Å². The van der Waals surface area contributed by atoms with Crippen LogP contribution in [0.15, 0.2) is 53.1 Å². The number of hydrogen-bond acceptors (Lipinski definition) is 3. The van der Waals surface area contributed by atoms with E-state index in [0.29, 0.717) is 0 Å². The zero-order chi connectivity index (χ0) is 19.1. The topological polar surface area (TPSA) is 88.0 Å². The highest BCUT2D eigenvalue weighted by atomic mass is 16.3. The zero-order valence-electron chi connectivity index (χ0n) is 15.7. The Morgan fingerprint density at radius 1 is 1.07 bits per heavy atom. The van der Waals surface area contributed by atoms with Gasteiger partial charge in [0.1, 0.15) is 0 Å². The molecular weight excluding hydrogens is 342 g/mol. The monoisotopic (exact) mass is 370 g/mol. The van der Waals surface area contributed by atoms with E-state index in [1.807, 2.05) is 47.8 Å². The van der Waals surface area contributed by atoms with Crippen molar-refractivity contribution in [2.45, 2.75) is 57.2 Å². The number of amides is 3. The molecule has 4 N–H and O–H groups in total. The molecule has 6 nitrogen and oxygen atoms in total. The maximum atomic E-state index is 12.5. The summed E-state index contributed by atoms with van der Waals surface area (Å²) in [6.07, 6.45) is 7.07. The van der Waals surface area contributed by atoms with E-state index < -0.39 is 12.1 Å². The first-order chi connectivity index (χ1) is 13.1. The van der Waals surface area contributed by atoms with E-state index in [-0.39, 0.29) is 18.0 Å². The van der Waals surface area contributed by atoms with Crippen LogP contribution in [0, 0.1) is 0 Å². The Labute approximate surface area is 159 Å². The highest BCUT2D eigenvalue weighted by Gasteiger charge is 2.28. The molecule has 2 atom stereocenters. The summed E-state index contributed by atoms with van der Waals surface area (Å²) in [5, 5.41) is 7.31. The minimum absolute atomic E-state index is 0.150. The average molecular weight is 370 g/mol. The number of urea groups is 1. The van der Waals surface area contributed by atoms with Crippen LogP contribution in [-0.4, -0.2) is 24.0 Å². The van der Waals surface area contributed by atoms with Crippen LogP contribution in [-0.2, 0) is 4.79 Å². The third-order valence-corrected chi connectivity index (χ3v) is 5.08. The molecule has 1 aromatic carbocycles. The minimum atomic E-state index is -0.447. The molecule has 0 saturated heterocycles. The summed E-state index contributed by atoms with van der Waals surface area (Å²) >= 11 is 0. The molecule has 3 rings (SSSR count). The summed E-state index contributed by atoms with van der Waals surface area (Å²) < 4.78 is 5.57. The van der Waals surface area contributed by atoms with Crippen molar-refractivity contribution in [3.05, 3.63) is 60.1 Å². The highest BCUT2D eigenvalue weighted by Crippen LogP contribution is 2.19. The number of carbonyl (C=O) groups is 2. The predicted molar refractivity (Wildman–Crippen MR) is 102 cm³/mol. The van der Waals surface area contributed by atoms with E-state index in [1.165, 1.54) is 6.42 Å². The first-order valence-electron chi connectivity index (χ1n) is 9.68. The zero-order valence-corrected chi connectivity index (χ0v) is 15.7. The molecule has 27 heavy (non-hydrogen) atoms. The van der Waals surface area contributed by atoms with E-state index in [1.54, 1.807) is 13.2 Å². The summed E-state index contributed by atoms with van der Waals surface area (Å²) in [6.45, 7) is 1.79. The van der Waals surface area contributed by atoms with Crippen LogP contribution in [0.25, 0.3) is 0 Å². The van der Waals surface area contributed by atoms with Crippen LogP contribution in [0.5, 0.6) is 0 Å². The molecule has 1 aromatic heterocycles. The molecule has 3 amide bonds. The molecular formula is C21H28N3O3+. The lowest BCUT2D eigenvalue weighted by Gasteiger charge is -2.23. The van der Waals surface area contributed by atoms with Crippen molar-refractivity contribution in [2.75, 3.05) is 0 Å². The number of carbonyl (C=O) groups excluding carboxylic acids is 2. The van der Waals surface area contributed by atoms with Gasteiger partial charge in [-0.1, -0.05) is 49.6 Å². The van der Waals surface area contributed by atoms with Crippen molar-refractivity contribution in [1.29, 1.82) is 0 Å². The van der Waals surface area contributed by atoms with Gasteiger partial charge in [0.2, 0.25) is 0 Å². The van der Waals surface area contributed by atoms with Gasteiger partial charge in [-0.05, 0) is 31.9 Å². The average Bonchev–Trinajstić information content (AvgIpc) is 3.21. The number of rotatable bonds is 6. The van der Waals surface area contributed by atoms with E-state index in [0.717, 1.165) is 37.0 Å². The predicted octanol–water partition coefficient (Wildman–Crippen LogP) is 2.48. The Bertz CT molecular complexity index is 724. The van der Waals surface area contributed by atoms with Crippen LogP contribution in [0.3, 0.4) is 0 Å². The molecule has 1 fully saturated rings. The van der Waals surface area contributed by atoms with Gasteiger partial charge >= 0.3 is 6.03 Å². The molecule has 2 aromatic rings. The Morgan fingerprint density at radius 3 is 2.48 bits per heavy atom. The van der Waals surface area contributed by atoms with E-state index in [4.69, 9.17) is 4.42 Å². The fourth-order valence-corrected chi connectivity index (χ4v) is 3.57. The number of nitrogens with two attached hydrogens (primary N) is 1. The highest BCUT2D eigenvalue weighted by molar-refractivity contribution is 5.96. The molecule has 1 heterocycles. The van der Waals surface area contributed by atoms with E-state index in [2.05, 4.69) is 10.6 Å². The fourth-order valence-electron chi connectivity index (χ4n) is 3.57. The Hall–Kier alpha value is -2.60. The van der Waals surface area contributed by atoms with Gasteiger partial charge in [-0.25, -0.2) is 4.79 Å². The van der Waals surface area contributed by atoms with Gasteiger partial charge in [-0.15, -0.1) is 0 Å². The lowest BCUT2D eigenvalue weighted by atomic mass is 9.96. The Morgan fingerprint density at radius 2 is 1.81 bits per heavy atom. The molecule has 0 aliphatic heterocycles. The first kappa shape index (κ1) is 19.2. The van der Waals surface area contributed by atoms with Crippen molar-refractivity contribution >= 4 is 11.9 Å². The molecule has 0 unspecified atom stereocenters. The largest absolute Gasteiger partial charge is 0.463 e. The van der Waals surface area contributed by atoms with Crippen LogP contribution in [0.2, 0.25) is 0 Å². The first-order valence-corrected chi connectivity index (χ1v) is 9.68. The van der Waals surface area contributed by atoms with Crippen molar-refractivity contribution in [3.63, 3.8) is 0 Å². The van der Waals surface area contributed by atoms with Crippen molar-refractivity contribution in [3.8, 4) is 0 Å². The molecule has 144 valence electrons. The number of hydrogen-bond donors (Lipinski definition) is 3. The number of quaternary nitrogens is 1. The number of furan rings is 1. The van der Waals surface area contributed by atoms with Gasteiger partial charge in [-0.3, -0.25) is 10.1 Å². The number of nitrogens with one attached hydrogen (secondary N) is 2.